The molecule has 1 N–H and O–H groups in total. The molecule has 0 aromatic carbocycles. The van der Waals surface area contributed by atoms with Crippen molar-refractivity contribution in [2.24, 2.45) is 0 Å². The average molecular weight is 276 g/mol. The van der Waals surface area contributed by atoms with Crippen LogP contribution in [-0.2, 0) is 13.0 Å². The zero-order valence-corrected chi connectivity index (χ0v) is 11.1. The number of aromatic nitrogens is 4. The number of furan rings is 1. The van der Waals surface area contributed by atoms with E-state index < -0.39 is 0 Å². The fourth-order valence-corrected chi connectivity index (χ4v) is 2.59. The summed E-state index contributed by atoms with van der Waals surface area (Å²) in [4.78, 5) is 16.1. The minimum atomic E-state index is -0.236. The van der Waals surface area contributed by atoms with Gasteiger partial charge in [-0.3, -0.25) is 4.57 Å². The first kappa shape index (κ1) is 11.9. The predicted octanol–water partition coefficient (Wildman–Crippen LogP) is 1.57. The van der Waals surface area contributed by atoms with E-state index in [-0.39, 0.29) is 5.69 Å². The number of aromatic amines is 1. The van der Waals surface area contributed by atoms with E-state index in [1.54, 1.807) is 28.2 Å². The summed E-state index contributed by atoms with van der Waals surface area (Å²) in [6.07, 6.45) is 2.13. The molecule has 0 radical (unpaired) electrons. The maximum atomic E-state index is 11.7. The van der Waals surface area contributed by atoms with E-state index in [9.17, 15) is 4.79 Å². The van der Waals surface area contributed by atoms with E-state index in [1.165, 1.54) is 0 Å². The van der Waals surface area contributed by atoms with Gasteiger partial charge >= 0.3 is 5.69 Å². The van der Waals surface area contributed by atoms with Gasteiger partial charge in [0, 0.05) is 11.1 Å². The molecular weight excluding hydrogens is 264 g/mol. The van der Waals surface area contributed by atoms with Gasteiger partial charge in [0.1, 0.15) is 16.6 Å². The minimum absolute atomic E-state index is 0.236. The molecule has 3 aromatic rings. The molecule has 98 valence electrons. The van der Waals surface area contributed by atoms with Crippen molar-refractivity contribution >= 4 is 11.3 Å². The second-order valence-corrected chi connectivity index (χ2v) is 5.11. The van der Waals surface area contributed by atoms with Crippen LogP contribution in [0.3, 0.4) is 0 Å². The molecule has 0 saturated carbocycles. The van der Waals surface area contributed by atoms with Crippen molar-refractivity contribution < 1.29 is 4.42 Å². The molecule has 0 aliphatic carbocycles. The number of thiazole rings is 1. The van der Waals surface area contributed by atoms with E-state index in [1.807, 2.05) is 18.4 Å². The lowest BCUT2D eigenvalue weighted by Crippen LogP contribution is -2.19. The van der Waals surface area contributed by atoms with E-state index in [0.717, 1.165) is 16.5 Å². The van der Waals surface area contributed by atoms with Crippen molar-refractivity contribution in [2.45, 2.75) is 19.9 Å². The second-order valence-electron chi connectivity index (χ2n) is 4.17. The minimum Gasteiger partial charge on any atom is -0.467 e. The summed E-state index contributed by atoms with van der Waals surface area (Å²) in [5, 5.41) is 9.45. The SMILES string of the molecule is Cc1csc(Cc2n[nH]c(=O)n2Cc2ccco2)n1. The Morgan fingerprint density at radius 3 is 3.11 bits per heavy atom. The highest BCUT2D eigenvalue weighted by molar-refractivity contribution is 7.09. The lowest BCUT2D eigenvalue weighted by molar-refractivity contribution is 0.486. The van der Waals surface area contributed by atoms with Crippen molar-refractivity contribution in [1.82, 2.24) is 19.7 Å². The van der Waals surface area contributed by atoms with Crippen LogP contribution in [-0.4, -0.2) is 19.7 Å². The van der Waals surface area contributed by atoms with Gasteiger partial charge < -0.3 is 4.42 Å². The normalized spacial score (nSPS) is 11.0. The number of aryl methyl sites for hydroxylation is 1. The van der Waals surface area contributed by atoms with Gasteiger partial charge in [-0.05, 0) is 19.1 Å². The number of hydrogen-bond acceptors (Lipinski definition) is 5. The molecule has 0 aliphatic rings. The molecule has 0 fully saturated rings. The summed E-state index contributed by atoms with van der Waals surface area (Å²) in [7, 11) is 0. The van der Waals surface area contributed by atoms with Gasteiger partial charge in [-0.2, -0.15) is 5.10 Å². The maximum absolute atomic E-state index is 11.7. The standard InChI is InChI=1S/C12H12N4O2S/c1-8-7-19-11(13-8)5-10-14-15-12(17)16(10)6-9-3-2-4-18-9/h2-4,7H,5-6H2,1H3,(H,15,17). The van der Waals surface area contributed by atoms with Crippen LogP contribution < -0.4 is 5.69 Å². The molecule has 0 unspecified atom stereocenters. The Labute approximate surface area is 112 Å². The molecule has 3 aromatic heterocycles. The Balaban J connectivity index is 1.88. The van der Waals surface area contributed by atoms with Crippen LogP contribution in [0.4, 0.5) is 0 Å². The van der Waals surface area contributed by atoms with Gasteiger partial charge in [0.2, 0.25) is 0 Å². The highest BCUT2D eigenvalue weighted by Crippen LogP contribution is 2.13. The molecule has 0 spiro atoms. The Kier molecular flexibility index (Phi) is 3.04. The van der Waals surface area contributed by atoms with Crippen LogP contribution in [0.1, 0.15) is 22.3 Å². The molecule has 3 rings (SSSR count). The van der Waals surface area contributed by atoms with Crippen LogP contribution in [0.5, 0.6) is 0 Å². The van der Waals surface area contributed by atoms with Crippen LogP contribution in [0.15, 0.2) is 33.0 Å². The largest absolute Gasteiger partial charge is 0.467 e. The van der Waals surface area contributed by atoms with Gasteiger partial charge in [0.05, 0.1) is 19.2 Å². The Hall–Kier alpha value is -2.15. The number of rotatable bonds is 4. The molecule has 6 nitrogen and oxygen atoms in total. The summed E-state index contributed by atoms with van der Waals surface area (Å²) in [5.41, 5.74) is 0.746. The first-order chi connectivity index (χ1) is 9.22. The molecule has 0 saturated heterocycles. The van der Waals surface area contributed by atoms with Crippen molar-refractivity contribution in [3.05, 3.63) is 56.5 Å². The third-order valence-electron chi connectivity index (χ3n) is 2.71. The fourth-order valence-electron chi connectivity index (χ4n) is 1.83. The lowest BCUT2D eigenvalue weighted by Gasteiger charge is -2.01. The zero-order valence-electron chi connectivity index (χ0n) is 10.3. The van der Waals surface area contributed by atoms with Crippen molar-refractivity contribution in [1.29, 1.82) is 0 Å². The molecule has 0 bridgehead atoms. The van der Waals surface area contributed by atoms with Gasteiger partial charge in [0.15, 0.2) is 0 Å². The Morgan fingerprint density at radius 1 is 1.53 bits per heavy atom. The molecule has 7 heteroatoms. The van der Waals surface area contributed by atoms with Gasteiger partial charge in [-0.1, -0.05) is 0 Å². The number of H-pyrrole nitrogens is 1. The highest BCUT2D eigenvalue weighted by Gasteiger charge is 2.12. The van der Waals surface area contributed by atoms with Crippen molar-refractivity contribution in [3.8, 4) is 0 Å². The fraction of sp³-hybridized carbons (Fsp3) is 0.250. The first-order valence-electron chi connectivity index (χ1n) is 5.80. The van der Waals surface area contributed by atoms with E-state index in [4.69, 9.17) is 4.42 Å². The summed E-state index contributed by atoms with van der Waals surface area (Å²) in [5.74, 6) is 1.39. The summed E-state index contributed by atoms with van der Waals surface area (Å²) in [6.45, 7) is 2.32. The first-order valence-corrected chi connectivity index (χ1v) is 6.68. The topological polar surface area (TPSA) is 76.7 Å². The van der Waals surface area contributed by atoms with Gasteiger partial charge in [-0.25, -0.2) is 14.9 Å². The van der Waals surface area contributed by atoms with E-state index in [2.05, 4.69) is 15.2 Å². The molecular formula is C12H12N4O2S. The monoisotopic (exact) mass is 276 g/mol. The highest BCUT2D eigenvalue weighted by atomic mass is 32.1. The molecule has 0 atom stereocenters. The van der Waals surface area contributed by atoms with Crippen molar-refractivity contribution in [2.75, 3.05) is 0 Å². The van der Waals surface area contributed by atoms with Crippen LogP contribution in [0.2, 0.25) is 0 Å². The van der Waals surface area contributed by atoms with Gasteiger partial charge in [-0.15, -0.1) is 11.3 Å². The molecule has 3 heterocycles. The van der Waals surface area contributed by atoms with Crippen LogP contribution in [0, 0.1) is 6.92 Å². The molecule has 0 amide bonds. The number of nitrogens with zero attached hydrogens (tertiary/aromatic N) is 3. The van der Waals surface area contributed by atoms with Gasteiger partial charge in [0.25, 0.3) is 0 Å². The smallest absolute Gasteiger partial charge is 0.343 e. The molecule has 0 aliphatic heterocycles. The Bertz CT molecular complexity index is 723. The summed E-state index contributed by atoms with van der Waals surface area (Å²) in [6, 6.07) is 3.63. The maximum Gasteiger partial charge on any atom is 0.343 e. The van der Waals surface area contributed by atoms with Crippen LogP contribution >= 0.6 is 11.3 Å². The third kappa shape index (κ3) is 2.50. The Morgan fingerprint density at radius 2 is 2.42 bits per heavy atom. The number of hydrogen-bond donors (Lipinski definition) is 1. The predicted molar refractivity (Wildman–Crippen MR) is 70.3 cm³/mol. The van der Waals surface area contributed by atoms with Crippen molar-refractivity contribution in [3.63, 3.8) is 0 Å². The summed E-state index contributed by atoms with van der Waals surface area (Å²) >= 11 is 1.57. The van der Waals surface area contributed by atoms with E-state index >= 15 is 0 Å². The zero-order chi connectivity index (χ0) is 13.2. The quantitative estimate of drug-likeness (QED) is 0.784. The number of nitrogens with one attached hydrogen (secondary N) is 1. The van der Waals surface area contributed by atoms with E-state index in [0.29, 0.717) is 18.8 Å². The average Bonchev–Trinajstić information content (AvgIpc) is 3.08. The summed E-state index contributed by atoms with van der Waals surface area (Å²) < 4.78 is 6.82. The third-order valence-corrected chi connectivity index (χ3v) is 3.67. The second kappa shape index (κ2) is 4.85. The lowest BCUT2D eigenvalue weighted by atomic mass is 10.4. The van der Waals surface area contributed by atoms with Crippen LogP contribution in [0.25, 0.3) is 0 Å². The molecule has 19 heavy (non-hydrogen) atoms.